The van der Waals surface area contributed by atoms with Gasteiger partial charge in [-0.05, 0) is 83.9 Å². The third-order valence-corrected chi connectivity index (χ3v) is 9.11. The van der Waals surface area contributed by atoms with Crippen LogP contribution in [0.5, 0.6) is 5.75 Å². The standard InChI is InChI=1S/C27H33N3O6S2/c1-7-35-25(32)21-19-13-8-16(27(3,4)5)14-20(19)38-23(21)28-22(31)15(2)37-24-26(33)36-29-30(24)17-9-11-18(34-6)12-10-17/h9-12,15-16H,7-8,13-14H2,1-6H3,(H-,28,29,31,32,33)/p+1. The van der Waals surface area contributed by atoms with Gasteiger partial charge in [0.15, 0.2) is 0 Å². The molecule has 0 saturated carbocycles. The SMILES string of the molecule is CCOC(=O)c1c(NC(=O)C(C)Sc2c(=O)o[nH][n+]2-c2ccc(OC)cc2)sc2c1CCC(C(C)(C)C)C2. The molecule has 9 nitrogen and oxygen atoms in total. The number of hydrogen-bond donors (Lipinski definition) is 2. The molecule has 38 heavy (non-hydrogen) atoms. The van der Waals surface area contributed by atoms with Crippen molar-refractivity contribution in [2.24, 2.45) is 11.3 Å². The molecular formula is C27H34N3O6S2+. The zero-order valence-electron chi connectivity index (χ0n) is 22.5. The molecule has 2 N–H and O–H groups in total. The number of nitrogens with one attached hydrogen (secondary N) is 2. The number of anilines is 1. The van der Waals surface area contributed by atoms with Crippen LogP contribution in [0, 0.1) is 11.3 Å². The second kappa shape index (κ2) is 11.4. The predicted molar refractivity (Wildman–Crippen MR) is 147 cm³/mol. The van der Waals surface area contributed by atoms with Crippen LogP contribution in [0.3, 0.4) is 0 Å². The Kier molecular flexibility index (Phi) is 8.37. The molecule has 204 valence electrons. The molecule has 0 aliphatic heterocycles. The van der Waals surface area contributed by atoms with Crippen LogP contribution in [-0.2, 0) is 22.4 Å². The molecule has 11 heteroatoms. The van der Waals surface area contributed by atoms with E-state index in [1.54, 1.807) is 45.2 Å². The van der Waals surface area contributed by atoms with E-state index in [2.05, 4.69) is 31.4 Å². The number of esters is 1. The fraction of sp³-hybridized carbons (Fsp3) is 0.481. The number of fused-ring (bicyclic) bond motifs is 1. The fourth-order valence-corrected chi connectivity index (χ4v) is 6.74. The number of thiophene rings is 1. The van der Waals surface area contributed by atoms with Gasteiger partial charge in [-0.25, -0.2) is 9.59 Å². The molecule has 2 heterocycles. The number of aromatic nitrogens is 2. The van der Waals surface area contributed by atoms with Crippen molar-refractivity contribution in [2.75, 3.05) is 19.0 Å². The molecule has 4 rings (SSSR count). The molecule has 2 aromatic heterocycles. The molecule has 2 unspecified atom stereocenters. The Balaban J connectivity index is 1.57. The Labute approximate surface area is 229 Å². The highest BCUT2D eigenvalue weighted by Crippen LogP contribution is 2.44. The van der Waals surface area contributed by atoms with Gasteiger partial charge in [-0.3, -0.25) is 9.32 Å². The summed E-state index contributed by atoms with van der Waals surface area (Å²) in [5.74, 6) is 0.418. The number of methoxy groups -OCH3 is 1. The minimum atomic E-state index is -0.658. The maximum Gasteiger partial charge on any atom is 0.442 e. The molecule has 0 saturated heterocycles. The molecule has 3 aromatic rings. The number of H-pyrrole nitrogens is 1. The number of nitrogens with zero attached hydrogens (tertiary/aromatic N) is 1. The monoisotopic (exact) mass is 560 g/mol. The summed E-state index contributed by atoms with van der Waals surface area (Å²) in [4.78, 5) is 39.8. The Morgan fingerprint density at radius 1 is 1.29 bits per heavy atom. The van der Waals surface area contributed by atoms with Gasteiger partial charge in [0.25, 0.3) is 0 Å². The van der Waals surface area contributed by atoms with Crippen molar-refractivity contribution in [3.05, 3.63) is 50.7 Å². The van der Waals surface area contributed by atoms with Gasteiger partial charge in [0.1, 0.15) is 10.8 Å². The number of aromatic amines is 1. The number of rotatable bonds is 8. The van der Waals surface area contributed by atoms with E-state index in [1.165, 1.54) is 16.0 Å². The summed E-state index contributed by atoms with van der Waals surface area (Å²) in [5, 5.41) is 5.61. The number of carbonyl (C=O) groups is 2. The van der Waals surface area contributed by atoms with E-state index < -0.39 is 16.8 Å². The molecule has 0 fully saturated rings. The Bertz CT molecular complexity index is 1370. The molecule has 0 bridgehead atoms. The maximum atomic E-state index is 13.3. The fourth-order valence-electron chi connectivity index (χ4n) is 4.53. The average molecular weight is 561 g/mol. The topological polar surface area (TPSA) is 115 Å². The van der Waals surface area contributed by atoms with E-state index in [-0.39, 0.29) is 23.0 Å². The maximum absolute atomic E-state index is 13.3. The minimum absolute atomic E-state index is 0.150. The van der Waals surface area contributed by atoms with Gasteiger partial charge in [0.05, 0.1) is 24.5 Å². The summed E-state index contributed by atoms with van der Waals surface area (Å²) in [6.45, 7) is 10.4. The third kappa shape index (κ3) is 5.83. The van der Waals surface area contributed by atoms with E-state index >= 15 is 0 Å². The van der Waals surface area contributed by atoms with Crippen LogP contribution in [0.1, 0.15) is 61.8 Å². The first-order valence-corrected chi connectivity index (χ1v) is 14.3. The van der Waals surface area contributed by atoms with Crippen molar-refractivity contribution in [1.29, 1.82) is 0 Å². The van der Waals surface area contributed by atoms with Crippen molar-refractivity contribution in [3.8, 4) is 11.4 Å². The lowest BCUT2D eigenvalue weighted by Gasteiger charge is -2.33. The second-order valence-electron chi connectivity index (χ2n) is 10.3. The molecule has 0 radical (unpaired) electrons. The van der Waals surface area contributed by atoms with Crippen molar-refractivity contribution in [3.63, 3.8) is 0 Å². The van der Waals surface area contributed by atoms with Gasteiger partial charge in [0, 0.05) is 17.0 Å². The summed E-state index contributed by atoms with van der Waals surface area (Å²) in [5.41, 5.74) is 1.65. The van der Waals surface area contributed by atoms with E-state index in [0.717, 1.165) is 41.5 Å². The van der Waals surface area contributed by atoms with Crippen LogP contribution in [0.25, 0.3) is 5.69 Å². The lowest BCUT2D eigenvalue weighted by Crippen LogP contribution is -2.37. The summed E-state index contributed by atoms with van der Waals surface area (Å²) in [7, 11) is 1.57. The van der Waals surface area contributed by atoms with Crippen LogP contribution >= 0.6 is 23.1 Å². The second-order valence-corrected chi connectivity index (χ2v) is 12.7. The zero-order chi connectivity index (χ0) is 27.6. The number of amides is 1. The summed E-state index contributed by atoms with van der Waals surface area (Å²) in [6, 6.07) is 7.06. The number of thioether (sulfide) groups is 1. The predicted octanol–water partition coefficient (Wildman–Crippen LogP) is 4.76. The van der Waals surface area contributed by atoms with Crippen LogP contribution in [0.4, 0.5) is 5.00 Å². The normalized spacial score (nSPS) is 16.0. The van der Waals surface area contributed by atoms with Crippen molar-refractivity contribution >= 4 is 40.0 Å². The highest BCUT2D eigenvalue weighted by Gasteiger charge is 2.35. The quantitative estimate of drug-likeness (QED) is 0.232. The number of ether oxygens (including phenoxy) is 2. The van der Waals surface area contributed by atoms with Crippen LogP contribution in [0.15, 0.2) is 38.6 Å². The molecular weight excluding hydrogens is 526 g/mol. The molecule has 1 aliphatic rings. The molecule has 0 spiro atoms. The zero-order valence-corrected chi connectivity index (χ0v) is 24.1. The molecule has 2 atom stereocenters. The smallest absolute Gasteiger partial charge is 0.442 e. The van der Waals surface area contributed by atoms with Gasteiger partial charge in [0.2, 0.25) is 11.6 Å². The van der Waals surface area contributed by atoms with E-state index in [4.69, 9.17) is 14.0 Å². The summed E-state index contributed by atoms with van der Waals surface area (Å²) < 4.78 is 17.0. The van der Waals surface area contributed by atoms with Crippen molar-refractivity contribution in [1.82, 2.24) is 5.27 Å². The number of benzene rings is 1. The molecule has 1 aliphatic carbocycles. The first-order chi connectivity index (χ1) is 18.0. The highest BCUT2D eigenvalue weighted by atomic mass is 32.2. The lowest BCUT2D eigenvalue weighted by atomic mass is 9.72. The van der Waals surface area contributed by atoms with Gasteiger partial charge in [-0.15, -0.1) is 11.3 Å². The van der Waals surface area contributed by atoms with E-state index in [0.29, 0.717) is 27.9 Å². The van der Waals surface area contributed by atoms with E-state index in [1.807, 2.05) is 0 Å². The van der Waals surface area contributed by atoms with Gasteiger partial charge < -0.3 is 14.8 Å². The number of carbonyl (C=O) groups excluding carboxylic acids is 2. The largest absolute Gasteiger partial charge is 0.497 e. The number of hydrogen-bond acceptors (Lipinski definition) is 8. The first kappa shape index (κ1) is 28.0. The minimum Gasteiger partial charge on any atom is -0.497 e. The highest BCUT2D eigenvalue weighted by molar-refractivity contribution is 8.00. The van der Waals surface area contributed by atoms with Crippen LogP contribution in [0.2, 0.25) is 0 Å². The van der Waals surface area contributed by atoms with Crippen LogP contribution < -0.4 is 20.4 Å². The lowest BCUT2D eigenvalue weighted by molar-refractivity contribution is -0.704. The van der Waals surface area contributed by atoms with Gasteiger partial charge >= 0.3 is 16.6 Å². The Morgan fingerprint density at radius 3 is 2.63 bits per heavy atom. The Morgan fingerprint density at radius 2 is 2.00 bits per heavy atom. The molecule has 1 amide bonds. The van der Waals surface area contributed by atoms with Gasteiger partial charge in [-0.1, -0.05) is 20.8 Å². The van der Waals surface area contributed by atoms with E-state index in [9.17, 15) is 14.4 Å². The van der Waals surface area contributed by atoms with Crippen molar-refractivity contribution in [2.45, 2.75) is 64.2 Å². The van der Waals surface area contributed by atoms with Gasteiger partial charge in [-0.2, -0.15) is 0 Å². The average Bonchev–Trinajstić information content (AvgIpc) is 3.42. The van der Waals surface area contributed by atoms with Crippen LogP contribution in [-0.4, -0.2) is 36.1 Å². The Hall–Kier alpha value is -3.05. The molecule has 1 aromatic carbocycles. The first-order valence-electron chi connectivity index (χ1n) is 12.6. The third-order valence-electron chi connectivity index (χ3n) is 6.80. The van der Waals surface area contributed by atoms with Crippen molar-refractivity contribution < 1.29 is 28.3 Å². The summed E-state index contributed by atoms with van der Waals surface area (Å²) in [6.07, 6.45) is 2.62. The summed E-state index contributed by atoms with van der Waals surface area (Å²) >= 11 is 2.52.